The first kappa shape index (κ1) is 29.4. The molecule has 3 aromatic carbocycles. The molecule has 214 valence electrons. The largest absolute Gasteiger partial charge is 0.463 e. The normalized spacial score (nSPS) is 11.3. The van der Waals surface area contributed by atoms with Crippen molar-refractivity contribution in [2.24, 2.45) is 0 Å². The second-order valence-corrected chi connectivity index (χ2v) is 9.61. The molecule has 1 aromatic heterocycles. The van der Waals surface area contributed by atoms with E-state index >= 15 is 0 Å². The van der Waals surface area contributed by atoms with Crippen LogP contribution in [0.3, 0.4) is 0 Å². The van der Waals surface area contributed by atoms with Crippen LogP contribution in [0.1, 0.15) is 63.7 Å². The number of furan rings is 1. The van der Waals surface area contributed by atoms with Gasteiger partial charge in [-0.05, 0) is 82.9 Å². The van der Waals surface area contributed by atoms with E-state index in [0.29, 0.717) is 16.3 Å². The molecule has 0 fully saturated rings. The predicted octanol–water partition coefficient (Wildman–Crippen LogP) is 7.30. The summed E-state index contributed by atoms with van der Waals surface area (Å²) in [7, 11) is 0. The molecule has 0 unspecified atom stereocenters. The van der Waals surface area contributed by atoms with Crippen LogP contribution in [0, 0.1) is 27.7 Å². The molecule has 1 heterocycles. The number of ether oxygens (including phenoxy) is 4. The highest BCUT2D eigenvalue weighted by atomic mass is 16.5. The van der Waals surface area contributed by atoms with Crippen LogP contribution in [-0.2, 0) is 19.0 Å². The maximum absolute atomic E-state index is 13.6. The van der Waals surface area contributed by atoms with Gasteiger partial charge in [-0.25, -0.2) is 14.4 Å². The first-order valence-corrected chi connectivity index (χ1v) is 13.6. The molecule has 0 spiro atoms. The SMILES string of the molecule is CCOC(=O)/C=C/Oc1c2cc(C)c(C)cc2c(C(=O)OCC)c2oc(-c3ccc(C)c(C)c3)c(C(=O)OCC)c12. The average molecular weight is 559 g/mol. The van der Waals surface area contributed by atoms with Crippen molar-refractivity contribution >= 4 is 39.6 Å². The van der Waals surface area contributed by atoms with Crippen LogP contribution >= 0.6 is 0 Å². The molecule has 0 aliphatic carbocycles. The van der Waals surface area contributed by atoms with Gasteiger partial charge in [0.25, 0.3) is 0 Å². The van der Waals surface area contributed by atoms with E-state index in [2.05, 4.69) is 0 Å². The van der Waals surface area contributed by atoms with E-state index in [1.807, 2.05) is 58.0 Å². The lowest BCUT2D eigenvalue weighted by Gasteiger charge is -2.15. The summed E-state index contributed by atoms with van der Waals surface area (Å²) in [6.07, 6.45) is 2.35. The minimum Gasteiger partial charge on any atom is -0.463 e. The summed E-state index contributed by atoms with van der Waals surface area (Å²) in [5, 5.41) is 1.30. The molecular weight excluding hydrogens is 524 g/mol. The highest BCUT2D eigenvalue weighted by Gasteiger charge is 2.32. The summed E-state index contributed by atoms with van der Waals surface area (Å²) < 4.78 is 28.5. The van der Waals surface area contributed by atoms with Crippen molar-refractivity contribution < 1.29 is 37.7 Å². The fraction of sp³-hybridized carbons (Fsp3) is 0.303. The molecule has 0 saturated heterocycles. The quantitative estimate of drug-likeness (QED) is 0.0913. The zero-order chi connectivity index (χ0) is 29.8. The topological polar surface area (TPSA) is 101 Å². The van der Waals surface area contributed by atoms with Crippen molar-refractivity contribution in [2.45, 2.75) is 48.5 Å². The minimum atomic E-state index is -0.642. The lowest BCUT2D eigenvalue weighted by Crippen LogP contribution is -2.09. The van der Waals surface area contributed by atoms with Crippen LogP contribution in [0.15, 0.2) is 47.1 Å². The number of hydrogen-bond donors (Lipinski definition) is 0. The molecule has 8 heteroatoms. The lowest BCUT2D eigenvalue weighted by atomic mass is 9.94. The summed E-state index contributed by atoms with van der Waals surface area (Å²) in [5.74, 6) is -1.37. The number of carbonyl (C=O) groups is 3. The maximum Gasteiger partial charge on any atom is 0.342 e. The van der Waals surface area contributed by atoms with E-state index in [-0.39, 0.29) is 53.4 Å². The Kier molecular flexibility index (Phi) is 8.81. The first-order valence-electron chi connectivity index (χ1n) is 13.6. The first-order chi connectivity index (χ1) is 19.6. The lowest BCUT2D eigenvalue weighted by molar-refractivity contribution is -0.137. The molecule has 0 radical (unpaired) electrons. The second kappa shape index (κ2) is 12.3. The van der Waals surface area contributed by atoms with Gasteiger partial charge in [-0.2, -0.15) is 0 Å². The Balaban J connectivity index is 2.20. The van der Waals surface area contributed by atoms with Gasteiger partial charge in [-0.15, -0.1) is 0 Å². The Morgan fingerprint density at radius 1 is 0.732 bits per heavy atom. The fourth-order valence-electron chi connectivity index (χ4n) is 4.65. The molecule has 4 aromatic rings. The number of aryl methyl sites for hydroxylation is 4. The van der Waals surface area contributed by atoms with Gasteiger partial charge >= 0.3 is 17.9 Å². The van der Waals surface area contributed by atoms with Gasteiger partial charge in [-0.3, -0.25) is 0 Å². The average Bonchev–Trinajstić information content (AvgIpc) is 3.31. The van der Waals surface area contributed by atoms with Crippen molar-refractivity contribution in [2.75, 3.05) is 19.8 Å². The van der Waals surface area contributed by atoms with Crippen molar-refractivity contribution in [3.63, 3.8) is 0 Å². The molecule has 0 atom stereocenters. The monoisotopic (exact) mass is 558 g/mol. The second-order valence-electron chi connectivity index (χ2n) is 9.61. The molecule has 4 rings (SSSR count). The van der Waals surface area contributed by atoms with Gasteiger partial charge in [0.05, 0.1) is 37.5 Å². The van der Waals surface area contributed by atoms with Gasteiger partial charge in [0.2, 0.25) is 0 Å². The summed E-state index contributed by atoms with van der Waals surface area (Å²) in [5.41, 5.74) is 4.95. The molecule has 0 saturated carbocycles. The van der Waals surface area contributed by atoms with Crippen LogP contribution in [0.2, 0.25) is 0 Å². The van der Waals surface area contributed by atoms with E-state index < -0.39 is 17.9 Å². The number of fused-ring (bicyclic) bond motifs is 2. The third-order valence-corrected chi connectivity index (χ3v) is 6.92. The molecule has 8 nitrogen and oxygen atoms in total. The number of benzene rings is 3. The third kappa shape index (κ3) is 5.68. The Labute approximate surface area is 238 Å². The highest BCUT2D eigenvalue weighted by molar-refractivity contribution is 6.23. The smallest absolute Gasteiger partial charge is 0.342 e. The Hall–Kier alpha value is -4.59. The Morgan fingerprint density at radius 2 is 1.32 bits per heavy atom. The van der Waals surface area contributed by atoms with Gasteiger partial charge in [0.15, 0.2) is 5.58 Å². The predicted molar refractivity (Wildman–Crippen MR) is 156 cm³/mol. The van der Waals surface area contributed by atoms with E-state index in [1.165, 1.54) is 6.26 Å². The van der Waals surface area contributed by atoms with Crippen LogP contribution in [0.25, 0.3) is 33.1 Å². The third-order valence-electron chi connectivity index (χ3n) is 6.92. The molecule has 0 aliphatic rings. The zero-order valence-electron chi connectivity index (χ0n) is 24.4. The van der Waals surface area contributed by atoms with Crippen LogP contribution in [0.4, 0.5) is 0 Å². The van der Waals surface area contributed by atoms with Gasteiger partial charge < -0.3 is 23.4 Å². The van der Waals surface area contributed by atoms with Gasteiger partial charge in [0.1, 0.15) is 22.6 Å². The highest BCUT2D eigenvalue weighted by Crippen LogP contribution is 2.46. The fourth-order valence-corrected chi connectivity index (χ4v) is 4.65. The van der Waals surface area contributed by atoms with Crippen molar-refractivity contribution in [1.82, 2.24) is 0 Å². The molecule has 41 heavy (non-hydrogen) atoms. The van der Waals surface area contributed by atoms with Crippen molar-refractivity contribution in [3.05, 3.63) is 76.1 Å². The molecule has 0 N–H and O–H groups in total. The molecular formula is C33H34O8. The summed E-state index contributed by atoms with van der Waals surface area (Å²) >= 11 is 0. The van der Waals surface area contributed by atoms with E-state index in [4.69, 9.17) is 23.4 Å². The van der Waals surface area contributed by atoms with Crippen molar-refractivity contribution in [3.8, 4) is 17.1 Å². The number of carbonyl (C=O) groups excluding carboxylic acids is 3. The van der Waals surface area contributed by atoms with Crippen LogP contribution < -0.4 is 4.74 Å². The van der Waals surface area contributed by atoms with Crippen molar-refractivity contribution in [1.29, 1.82) is 0 Å². The number of esters is 3. The van der Waals surface area contributed by atoms with E-state index in [9.17, 15) is 14.4 Å². The summed E-state index contributed by atoms with van der Waals surface area (Å²) in [6.45, 7) is 13.4. The molecule has 0 aliphatic heterocycles. The van der Waals surface area contributed by atoms with Crippen LogP contribution in [0.5, 0.6) is 5.75 Å². The van der Waals surface area contributed by atoms with E-state index in [1.54, 1.807) is 20.8 Å². The van der Waals surface area contributed by atoms with Gasteiger partial charge in [0, 0.05) is 16.3 Å². The number of rotatable bonds is 9. The van der Waals surface area contributed by atoms with Gasteiger partial charge in [-0.1, -0.05) is 18.2 Å². The summed E-state index contributed by atoms with van der Waals surface area (Å²) in [6, 6.07) is 9.43. The molecule has 0 bridgehead atoms. The zero-order valence-corrected chi connectivity index (χ0v) is 24.4. The van der Waals surface area contributed by atoms with Crippen LogP contribution in [-0.4, -0.2) is 37.7 Å². The van der Waals surface area contributed by atoms with E-state index in [0.717, 1.165) is 28.3 Å². The number of hydrogen-bond acceptors (Lipinski definition) is 8. The Morgan fingerprint density at radius 3 is 1.93 bits per heavy atom. The Bertz CT molecular complexity index is 1690. The molecule has 0 amide bonds. The summed E-state index contributed by atoms with van der Waals surface area (Å²) in [4.78, 5) is 39.1. The standard InChI is InChI=1S/C33H34O8/c1-8-37-25(34)13-14-40-30-24-17-21(7)20(6)16-23(24)26(32(35)38-9-2)31-27(30)28(33(36)39-10-3)29(41-31)22-12-11-18(4)19(5)15-22/h11-17H,8-10H2,1-7H3/b14-13+. The maximum atomic E-state index is 13.6. The minimum absolute atomic E-state index is 0.107.